The molecule has 7 heteroatoms. The monoisotopic (exact) mass is 387 g/mol. The first-order chi connectivity index (χ1) is 13.6. The van der Waals surface area contributed by atoms with E-state index < -0.39 is 5.97 Å². The van der Waals surface area contributed by atoms with Crippen LogP contribution in [0.25, 0.3) is 0 Å². The highest BCUT2D eigenvalue weighted by atomic mass is 16.5. The third-order valence-electron chi connectivity index (χ3n) is 3.88. The molecule has 0 radical (unpaired) electrons. The second kappa shape index (κ2) is 11.5. The molecule has 0 aliphatic heterocycles. The molecule has 0 bridgehead atoms. The number of carboxylic acids is 1. The lowest BCUT2D eigenvalue weighted by Gasteiger charge is -2.12. The molecule has 0 fully saturated rings. The van der Waals surface area contributed by atoms with Crippen LogP contribution in [-0.4, -0.2) is 43.9 Å². The van der Waals surface area contributed by atoms with Crippen molar-refractivity contribution in [2.75, 3.05) is 26.9 Å². The highest BCUT2D eigenvalue weighted by Crippen LogP contribution is 2.25. The Bertz CT molecular complexity index is 777. The Hall–Kier alpha value is -3.22. The summed E-state index contributed by atoms with van der Waals surface area (Å²) in [5.74, 6) is 0.826. The molecule has 7 nitrogen and oxygen atoms in total. The molecule has 0 aliphatic carbocycles. The fourth-order valence-corrected chi connectivity index (χ4v) is 2.50. The van der Waals surface area contributed by atoms with Crippen molar-refractivity contribution in [3.05, 3.63) is 54.1 Å². The van der Waals surface area contributed by atoms with Crippen molar-refractivity contribution in [2.24, 2.45) is 0 Å². The maximum Gasteiger partial charge on any atom is 0.303 e. The van der Waals surface area contributed by atoms with Crippen molar-refractivity contribution in [3.63, 3.8) is 0 Å². The normalized spacial score (nSPS) is 10.2. The largest absolute Gasteiger partial charge is 0.493 e. The fraction of sp³-hybridized carbons (Fsp3) is 0.333. The topological polar surface area (TPSA) is 94.1 Å². The van der Waals surface area contributed by atoms with Gasteiger partial charge < -0.3 is 24.6 Å². The van der Waals surface area contributed by atoms with Crippen molar-refractivity contribution in [2.45, 2.75) is 19.3 Å². The van der Waals surface area contributed by atoms with Crippen LogP contribution in [0.3, 0.4) is 0 Å². The lowest BCUT2D eigenvalue weighted by molar-refractivity contribution is -0.138. The van der Waals surface area contributed by atoms with Gasteiger partial charge in [-0.25, -0.2) is 0 Å². The van der Waals surface area contributed by atoms with Gasteiger partial charge in [0.05, 0.1) is 13.5 Å². The minimum Gasteiger partial charge on any atom is -0.493 e. The van der Waals surface area contributed by atoms with Gasteiger partial charge in [-0.05, 0) is 36.2 Å². The van der Waals surface area contributed by atoms with Crippen LogP contribution in [0.15, 0.2) is 48.5 Å². The van der Waals surface area contributed by atoms with Crippen LogP contribution in [0.1, 0.15) is 18.4 Å². The lowest BCUT2D eigenvalue weighted by atomic mass is 10.1. The number of hydrogen-bond donors (Lipinski definition) is 2. The first-order valence-electron chi connectivity index (χ1n) is 9.04. The molecule has 0 atom stereocenters. The van der Waals surface area contributed by atoms with Gasteiger partial charge in [-0.1, -0.05) is 24.3 Å². The second-order valence-corrected chi connectivity index (χ2v) is 5.99. The standard InChI is InChI=1S/C21H25NO6/c1-26-18-7-2-3-8-19(18)28-14-13-27-17-6-4-5-16(15-17)11-12-22-20(23)9-10-21(24)25/h2-8,15H,9-14H2,1H3,(H,22,23)(H,24,25). The Morgan fingerprint density at radius 3 is 2.46 bits per heavy atom. The number of aliphatic carboxylic acids is 1. The van der Waals surface area contributed by atoms with Gasteiger partial charge in [0, 0.05) is 13.0 Å². The first-order valence-corrected chi connectivity index (χ1v) is 9.04. The predicted molar refractivity (Wildman–Crippen MR) is 104 cm³/mol. The minimum atomic E-state index is -0.977. The zero-order chi connectivity index (χ0) is 20.2. The maximum absolute atomic E-state index is 11.5. The summed E-state index contributed by atoms with van der Waals surface area (Å²) >= 11 is 0. The number of rotatable bonds is 12. The number of ether oxygens (including phenoxy) is 3. The van der Waals surface area contributed by atoms with E-state index in [0.29, 0.717) is 37.7 Å². The number of carboxylic acid groups (broad SMARTS) is 1. The Kier molecular flexibility index (Phi) is 8.65. The Labute approximate surface area is 164 Å². The molecule has 2 aromatic carbocycles. The summed E-state index contributed by atoms with van der Waals surface area (Å²) in [7, 11) is 1.60. The Morgan fingerprint density at radius 1 is 0.964 bits per heavy atom. The predicted octanol–water partition coefficient (Wildman–Crippen LogP) is 2.68. The van der Waals surface area contributed by atoms with Crippen molar-refractivity contribution in [1.82, 2.24) is 5.32 Å². The highest BCUT2D eigenvalue weighted by molar-refractivity contribution is 5.80. The number of nitrogens with one attached hydrogen (secondary N) is 1. The van der Waals surface area contributed by atoms with Gasteiger partial charge >= 0.3 is 5.97 Å². The van der Waals surface area contributed by atoms with E-state index in [1.807, 2.05) is 48.5 Å². The lowest BCUT2D eigenvalue weighted by Crippen LogP contribution is -2.26. The highest BCUT2D eigenvalue weighted by Gasteiger charge is 2.05. The van der Waals surface area contributed by atoms with Crippen LogP contribution >= 0.6 is 0 Å². The molecule has 0 saturated heterocycles. The summed E-state index contributed by atoms with van der Waals surface area (Å²) in [6, 6.07) is 15.0. The maximum atomic E-state index is 11.5. The van der Waals surface area contributed by atoms with Crippen LogP contribution in [0, 0.1) is 0 Å². The SMILES string of the molecule is COc1ccccc1OCCOc1cccc(CCNC(=O)CCC(=O)O)c1. The second-order valence-electron chi connectivity index (χ2n) is 5.99. The van der Waals surface area contributed by atoms with Gasteiger partial charge in [-0.15, -0.1) is 0 Å². The number of carbonyl (C=O) groups is 2. The summed E-state index contributed by atoms with van der Waals surface area (Å²) in [6.07, 6.45) is 0.463. The van der Waals surface area contributed by atoms with Crippen LogP contribution in [-0.2, 0) is 16.0 Å². The average Bonchev–Trinajstić information content (AvgIpc) is 2.70. The summed E-state index contributed by atoms with van der Waals surface area (Å²) in [5.41, 5.74) is 1.02. The molecule has 2 rings (SSSR count). The smallest absolute Gasteiger partial charge is 0.303 e. The minimum absolute atomic E-state index is 0.00924. The average molecular weight is 387 g/mol. The molecule has 0 saturated carbocycles. The molecule has 0 unspecified atom stereocenters. The third-order valence-corrected chi connectivity index (χ3v) is 3.88. The summed E-state index contributed by atoms with van der Waals surface area (Å²) in [5, 5.41) is 11.3. The molecule has 0 spiro atoms. The number of hydrogen-bond acceptors (Lipinski definition) is 5. The van der Waals surface area contributed by atoms with Gasteiger partial charge in [0.15, 0.2) is 11.5 Å². The molecule has 2 N–H and O–H groups in total. The Balaban J connectivity index is 1.71. The first kappa shape index (κ1) is 21.1. The van der Waals surface area contributed by atoms with Crippen LogP contribution < -0.4 is 19.5 Å². The molecule has 1 amide bonds. The fourth-order valence-electron chi connectivity index (χ4n) is 2.50. The zero-order valence-electron chi connectivity index (χ0n) is 15.8. The number of amides is 1. The van der Waals surface area contributed by atoms with E-state index in [-0.39, 0.29) is 18.7 Å². The van der Waals surface area contributed by atoms with E-state index in [0.717, 1.165) is 11.3 Å². The summed E-state index contributed by atoms with van der Waals surface area (Å²) < 4.78 is 16.6. The van der Waals surface area contributed by atoms with Gasteiger partial charge in [-0.2, -0.15) is 0 Å². The van der Waals surface area contributed by atoms with Crippen molar-refractivity contribution in [3.8, 4) is 17.2 Å². The quantitative estimate of drug-likeness (QED) is 0.544. The van der Waals surface area contributed by atoms with Crippen molar-refractivity contribution < 1.29 is 28.9 Å². The number of methoxy groups -OCH3 is 1. The molecule has 28 heavy (non-hydrogen) atoms. The molecule has 0 heterocycles. The van der Waals surface area contributed by atoms with E-state index in [2.05, 4.69) is 5.32 Å². The molecule has 0 aliphatic rings. The van der Waals surface area contributed by atoms with Gasteiger partial charge in [0.25, 0.3) is 0 Å². The van der Waals surface area contributed by atoms with E-state index in [1.165, 1.54) is 0 Å². The molecule has 150 valence electrons. The molecular formula is C21H25NO6. The molecule has 2 aromatic rings. The summed E-state index contributed by atoms with van der Waals surface area (Å²) in [6.45, 7) is 1.20. The molecular weight excluding hydrogens is 362 g/mol. The molecule has 0 aromatic heterocycles. The van der Waals surface area contributed by atoms with E-state index in [4.69, 9.17) is 19.3 Å². The zero-order valence-corrected chi connectivity index (χ0v) is 15.8. The number of carbonyl (C=O) groups excluding carboxylic acids is 1. The van der Waals surface area contributed by atoms with Gasteiger partial charge in [0.2, 0.25) is 5.91 Å². The van der Waals surface area contributed by atoms with E-state index in [1.54, 1.807) is 7.11 Å². The number of benzene rings is 2. The van der Waals surface area contributed by atoms with Gasteiger partial charge in [-0.3, -0.25) is 9.59 Å². The third kappa shape index (κ3) is 7.57. The van der Waals surface area contributed by atoms with Crippen LogP contribution in [0.5, 0.6) is 17.2 Å². The van der Waals surface area contributed by atoms with E-state index >= 15 is 0 Å². The Morgan fingerprint density at radius 2 is 1.71 bits per heavy atom. The van der Waals surface area contributed by atoms with Crippen LogP contribution in [0.2, 0.25) is 0 Å². The van der Waals surface area contributed by atoms with Crippen molar-refractivity contribution >= 4 is 11.9 Å². The summed E-state index contributed by atoms with van der Waals surface area (Å²) in [4.78, 5) is 22.0. The van der Waals surface area contributed by atoms with Gasteiger partial charge in [0.1, 0.15) is 19.0 Å². The van der Waals surface area contributed by atoms with Crippen LogP contribution in [0.4, 0.5) is 0 Å². The number of para-hydroxylation sites is 2. The van der Waals surface area contributed by atoms with Crippen molar-refractivity contribution in [1.29, 1.82) is 0 Å². The van der Waals surface area contributed by atoms with E-state index in [9.17, 15) is 9.59 Å².